The van der Waals surface area contributed by atoms with Crippen LogP contribution in [0.25, 0.3) is 0 Å². The van der Waals surface area contributed by atoms with Gasteiger partial charge in [0.2, 0.25) is 0 Å². The number of Topliss-reactive ketones (excluding diaryl/α,β-unsaturated/α-hetero) is 1. The second kappa shape index (κ2) is 6.21. The summed E-state index contributed by atoms with van der Waals surface area (Å²) in [6, 6.07) is 8.46. The molecule has 0 saturated carbocycles. The van der Waals surface area contributed by atoms with Gasteiger partial charge in [-0.15, -0.1) is 0 Å². The predicted octanol–water partition coefficient (Wildman–Crippen LogP) is 2.63. The molecule has 2 bridgehead atoms. The smallest absolute Gasteiger partial charge is 0.252 e. The molecule has 0 aliphatic carbocycles. The van der Waals surface area contributed by atoms with E-state index < -0.39 is 0 Å². The standard InChI is InChI=1S/C18H24N2O2/c1-12(21)16-8-3-4-9-17(16)18(22)19-13-10-14-6-5-7-15(11-13)20(14)2/h3-4,8-9,13-15H,5-7,10-11H2,1-2H3,(H,19,22). The van der Waals surface area contributed by atoms with E-state index in [4.69, 9.17) is 0 Å². The number of hydrogen-bond donors (Lipinski definition) is 1. The number of piperidine rings is 2. The summed E-state index contributed by atoms with van der Waals surface area (Å²) in [7, 11) is 2.21. The van der Waals surface area contributed by atoms with Crippen LogP contribution in [0.3, 0.4) is 0 Å². The SMILES string of the molecule is CC(=O)c1ccccc1C(=O)NC1CC2CCCC(C1)N2C. The Bertz CT molecular complexity index is 570. The number of nitrogens with zero attached hydrogens (tertiary/aromatic N) is 1. The molecule has 0 radical (unpaired) electrons. The van der Waals surface area contributed by atoms with Gasteiger partial charge in [0.1, 0.15) is 0 Å². The van der Waals surface area contributed by atoms with Crippen molar-refractivity contribution in [1.29, 1.82) is 0 Å². The van der Waals surface area contributed by atoms with Crippen molar-refractivity contribution in [2.45, 2.75) is 57.2 Å². The maximum absolute atomic E-state index is 12.6. The number of benzene rings is 1. The third-order valence-electron chi connectivity index (χ3n) is 5.23. The quantitative estimate of drug-likeness (QED) is 0.873. The number of ketones is 1. The Morgan fingerprint density at radius 2 is 1.68 bits per heavy atom. The van der Waals surface area contributed by atoms with Crippen LogP contribution < -0.4 is 5.32 Å². The Hall–Kier alpha value is -1.68. The minimum absolute atomic E-state index is 0.0639. The first kappa shape index (κ1) is 15.2. The summed E-state index contributed by atoms with van der Waals surface area (Å²) in [6.45, 7) is 1.51. The zero-order chi connectivity index (χ0) is 15.7. The second-order valence-electron chi connectivity index (χ2n) is 6.65. The van der Waals surface area contributed by atoms with Crippen LogP contribution in [-0.2, 0) is 0 Å². The molecule has 4 nitrogen and oxygen atoms in total. The lowest BCUT2D eigenvalue weighted by Gasteiger charge is -2.47. The summed E-state index contributed by atoms with van der Waals surface area (Å²) >= 11 is 0. The van der Waals surface area contributed by atoms with Crippen molar-refractivity contribution >= 4 is 11.7 Å². The van der Waals surface area contributed by atoms with Crippen molar-refractivity contribution in [2.24, 2.45) is 0 Å². The first-order chi connectivity index (χ1) is 10.6. The van der Waals surface area contributed by atoms with Crippen LogP contribution >= 0.6 is 0 Å². The highest BCUT2D eigenvalue weighted by atomic mass is 16.2. The van der Waals surface area contributed by atoms with Crippen molar-refractivity contribution < 1.29 is 9.59 Å². The van der Waals surface area contributed by atoms with Crippen LogP contribution in [0.15, 0.2) is 24.3 Å². The fourth-order valence-electron chi connectivity index (χ4n) is 3.98. The van der Waals surface area contributed by atoms with Crippen LogP contribution in [-0.4, -0.2) is 41.8 Å². The average Bonchev–Trinajstić information content (AvgIpc) is 2.48. The lowest BCUT2D eigenvalue weighted by molar-refractivity contribution is 0.0462. The highest BCUT2D eigenvalue weighted by molar-refractivity contribution is 6.07. The van der Waals surface area contributed by atoms with Gasteiger partial charge in [0, 0.05) is 23.7 Å². The lowest BCUT2D eigenvalue weighted by Crippen LogP contribution is -2.55. The largest absolute Gasteiger partial charge is 0.349 e. The molecule has 2 aliphatic rings. The van der Waals surface area contributed by atoms with E-state index in [2.05, 4.69) is 17.3 Å². The van der Waals surface area contributed by atoms with Gasteiger partial charge in [0.15, 0.2) is 5.78 Å². The number of carbonyl (C=O) groups excluding carboxylic acids is 2. The van der Waals surface area contributed by atoms with Crippen LogP contribution in [0, 0.1) is 0 Å². The normalized spacial score (nSPS) is 28.2. The van der Waals surface area contributed by atoms with E-state index in [0.717, 1.165) is 12.8 Å². The maximum Gasteiger partial charge on any atom is 0.252 e. The summed E-state index contributed by atoms with van der Waals surface area (Å²) in [5.74, 6) is -0.176. The average molecular weight is 300 g/mol. The fourth-order valence-corrected chi connectivity index (χ4v) is 3.98. The van der Waals surface area contributed by atoms with Gasteiger partial charge >= 0.3 is 0 Å². The van der Waals surface area contributed by atoms with Crippen molar-refractivity contribution in [3.63, 3.8) is 0 Å². The molecule has 2 saturated heterocycles. The molecule has 1 amide bonds. The molecule has 2 heterocycles. The first-order valence-electron chi connectivity index (χ1n) is 8.19. The van der Waals surface area contributed by atoms with E-state index >= 15 is 0 Å². The minimum atomic E-state index is -0.113. The Balaban J connectivity index is 1.71. The van der Waals surface area contributed by atoms with Crippen molar-refractivity contribution in [1.82, 2.24) is 10.2 Å². The molecular formula is C18H24N2O2. The Morgan fingerprint density at radius 3 is 2.27 bits per heavy atom. The van der Waals surface area contributed by atoms with Gasteiger partial charge in [-0.25, -0.2) is 0 Å². The zero-order valence-electron chi connectivity index (χ0n) is 13.3. The van der Waals surface area contributed by atoms with Gasteiger partial charge in [-0.2, -0.15) is 0 Å². The number of amides is 1. The summed E-state index contributed by atoms with van der Waals surface area (Å²) in [5.41, 5.74) is 1.01. The van der Waals surface area contributed by atoms with Gasteiger partial charge in [-0.05, 0) is 45.7 Å². The van der Waals surface area contributed by atoms with E-state index in [0.29, 0.717) is 23.2 Å². The Morgan fingerprint density at radius 1 is 1.09 bits per heavy atom. The predicted molar refractivity (Wildman–Crippen MR) is 86.1 cm³/mol. The van der Waals surface area contributed by atoms with Gasteiger partial charge in [-0.3, -0.25) is 9.59 Å². The molecule has 1 N–H and O–H groups in total. The molecule has 0 spiro atoms. The molecule has 118 valence electrons. The number of fused-ring (bicyclic) bond motifs is 2. The highest BCUT2D eigenvalue weighted by Crippen LogP contribution is 2.32. The third kappa shape index (κ3) is 2.93. The molecule has 1 aromatic rings. The summed E-state index contributed by atoms with van der Waals surface area (Å²) in [6.07, 6.45) is 5.78. The van der Waals surface area contributed by atoms with Crippen LogP contribution in [0.5, 0.6) is 0 Å². The topological polar surface area (TPSA) is 49.4 Å². The fraction of sp³-hybridized carbons (Fsp3) is 0.556. The minimum Gasteiger partial charge on any atom is -0.349 e. The molecule has 22 heavy (non-hydrogen) atoms. The van der Waals surface area contributed by atoms with E-state index in [9.17, 15) is 9.59 Å². The van der Waals surface area contributed by atoms with Gasteiger partial charge in [0.25, 0.3) is 5.91 Å². The third-order valence-corrected chi connectivity index (χ3v) is 5.23. The van der Waals surface area contributed by atoms with Crippen molar-refractivity contribution in [3.05, 3.63) is 35.4 Å². The number of hydrogen-bond acceptors (Lipinski definition) is 3. The summed E-state index contributed by atoms with van der Waals surface area (Å²) in [5, 5.41) is 3.16. The lowest BCUT2D eigenvalue weighted by atomic mass is 9.82. The van der Waals surface area contributed by atoms with E-state index in [1.165, 1.54) is 26.2 Å². The van der Waals surface area contributed by atoms with E-state index in [1.54, 1.807) is 18.2 Å². The number of nitrogens with one attached hydrogen (secondary N) is 1. The summed E-state index contributed by atoms with van der Waals surface area (Å²) in [4.78, 5) is 26.7. The van der Waals surface area contributed by atoms with E-state index in [-0.39, 0.29) is 17.7 Å². The van der Waals surface area contributed by atoms with E-state index in [1.807, 2.05) is 6.07 Å². The van der Waals surface area contributed by atoms with Gasteiger partial charge in [0.05, 0.1) is 5.56 Å². The Labute approximate surface area is 131 Å². The molecular weight excluding hydrogens is 276 g/mol. The summed E-state index contributed by atoms with van der Waals surface area (Å²) < 4.78 is 0. The van der Waals surface area contributed by atoms with Gasteiger partial charge < -0.3 is 10.2 Å². The highest BCUT2D eigenvalue weighted by Gasteiger charge is 2.36. The van der Waals surface area contributed by atoms with Crippen molar-refractivity contribution in [2.75, 3.05) is 7.05 Å². The van der Waals surface area contributed by atoms with Crippen LogP contribution in [0.1, 0.15) is 59.7 Å². The van der Waals surface area contributed by atoms with Crippen LogP contribution in [0.4, 0.5) is 0 Å². The number of rotatable bonds is 3. The number of carbonyl (C=O) groups is 2. The zero-order valence-corrected chi connectivity index (χ0v) is 13.3. The van der Waals surface area contributed by atoms with Crippen LogP contribution in [0.2, 0.25) is 0 Å². The molecule has 2 aliphatic heterocycles. The van der Waals surface area contributed by atoms with Crippen molar-refractivity contribution in [3.8, 4) is 0 Å². The second-order valence-corrected chi connectivity index (χ2v) is 6.65. The first-order valence-corrected chi connectivity index (χ1v) is 8.19. The molecule has 2 atom stereocenters. The maximum atomic E-state index is 12.6. The van der Waals surface area contributed by atoms with Gasteiger partial charge in [-0.1, -0.05) is 24.6 Å². The monoisotopic (exact) mass is 300 g/mol. The molecule has 4 heteroatoms. The Kier molecular flexibility index (Phi) is 4.30. The molecule has 3 rings (SSSR count). The molecule has 0 aromatic heterocycles. The molecule has 2 fully saturated rings. The molecule has 2 unspecified atom stereocenters. The molecule has 1 aromatic carbocycles.